The first-order valence-electron chi connectivity index (χ1n) is 5.24. The largest absolute Gasteiger partial charge is 0.462 e. The molecule has 0 saturated carbocycles. The molecule has 0 unspecified atom stereocenters. The molecule has 1 rings (SSSR count). The summed E-state index contributed by atoms with van der Waals surface area (Å²) in [5.74, 6) is -1.15. The van der Waals surface area contributed by atoms with Crippen LogP contribution in [-0.2, 0) is 9.47 Å². The van der Waals surface area contributed by atoms with Crippen LogP contribution in [0.4, 0.5) is 0 Å². The van der Waals surface area contributed by atoms with Gasteiger partial charge in [-0.2, -0.15) is 0 Å². The fourth-order valence-corrected chi connectivity index (χ4v) is 1.45. The van der Waals surface area contributed by atoms with Crippen LogP contribution in [0.25, 0.3) is 0 Å². The van der Waals surface area contributed by atoms with Gasteiger partial charge in [-0.25, -0.2) is 9.59 Å². The predicted molar refractivity (Wildman–Crippen MR) is 63.4 cm³/mol. The van der Waals surface area contributed by atoms with E-state index in [2.05, 4.69) is 0 Å². The number of halogens is 1. The molecule has 0 fully saturated rings. The molecule has 0 aliphatic carbocycles. The lowest BCUT2D eigenvalue weighted by molar-refractivity contribution is 0.0479. The van der Waals surface area contributed by atoms with Crippen molar-refractivity contribution in [2.75, 3.05) is 13.2 Å². The number of rotatable bonds is 4. The first-order valence-corrected chi connectivity index (χ1v) is 5.61. The van der Waals surface area contributed by atoms with E-state index in [9.17, 15) is 9.59 Å². The number of ether oxygens (including phenoxy) is 2. The topological polar surface area (TPSA) is 52.6 Å². The van der Waals surface area contributed by atoms with Gasteiger partial charge in [0.25, 0.3) is 0 Å². The van der Waals surface area contributed by atoms with E-state index in [0.29, 0.717) is 5.02 Å². The lowest BCUT2D eigenvalue weighted by atomic mass is 10.1. The van der Waals surface area contributed by atoms with Gasteiger partial charge in [0.15, 0.2) is 0 Å². The number of hydrogen-bond donors (Lipinski definition) is 0. The second-order valence-electron chi connectivity index (χ2n) is 3.13. The van der Waals surface area contributed by atoms with Crippen LogP contribution in [0.15, 0.2) is 18.2 Å². The maximum atomic E-state index is 11.6. The molecule has 4 nitrogen and oxygen atoms in total. The summed E-state index contributed by atoms with van der Waals surface area (Å²) >= 11 is 5.78. The van der Waals surface area contributed by atoms with E-state index in [4.69, 9.17) is 21.1 Å². The van der Waals surface area contributed by atoms with Gasteiger partial charge in [0, 0.05) is 5.02 Å². The molecule has 1 aromatic carbocycles. The fourth-order valence-electron chi connectivity index (χ4n) is 1.28. The van der Waals surface area contributed by atoms with Crippen molar-refractivity contribution in [2.45, 2.75) is 13.8 Å². The van der Waals surface area contributed by atoms with E-state index in [1.165, 1.54) is 18.2 Å². The third kappa shape index (κ3) is 3.46. The quantitative estimate of drug-likeness (QED) is 0.777. The first-order chi connectivity index (χ1) is 8.10. The summed E-state index contributed by atoms with van der Waals surface area (Å²) in [5, 5.41) is 0.362. The van der Waals surface area contributed by atoms with Gasteiger partial charge in [0.1, 0.15) is 0 Å². The maximum Gasteiger partial charge on any atom is 0.339 e. The Hall–Kier alpha value is -1.55. The van der Waals surface area contributed by atoms with Crippen LogP contribution >= 0.6 is 11.6 Å². The normalized spacial score (nSPS) is 9.82. The minimum atomic E-state index is -0.585. The van der Waals surface area contributed by atoms with E-state index < -0.39 is 11.9 Å². The second-order valence-corrected chi connectivity index (χ2v) is 3.57. The van der Waals surface area contributed by atoms with Crippen molar-refractivity contribution >= 4 is 23.5 Å². The number of carbonyl (C=O) groups is 2. The second kappa shape index (κ2) is 6.25. The molecule has 0 saturated heterocycles. The van der Waals surface area contributed by atoms with Crippen LogP contribution in [0.5, 0.6) is 0 Å². The van der Waals surface area contributed by atoms with Crippen molar-refractivity contribution in [1.82, 2.24) is 0 Å². The van der Waals surface area contributed by atoms with E-state index in [1.54, 1.807) is 13.8 Å². The third-order valence-corrected chi connectivity index (χ3v) is 2.21. The Morgan fingerprint density at radius 1 is 1.06 bits per heavy atom. The predicted octanol–water partition coefficient (Wildman–Crippen LogP) is 2.69. The average molecular weight is 257 g/mol. The Labute approximate surface area is 104 Å². The Morgan fingerprint density at radius 2 is 1.59 bits per heavy atom. The van der Waals surface area contributed by atoms with Gasteiger partial charge in [-0.1, -0.05) is 11.6 Å². The third-order valence-electron chi connectivity index (χ3n) is 1.97. The van der Waals surface area contributed by atoms with Crippen LogP contribution in [0.1, 0.15) is 34.6 Å². The van der Waals surface area contributed by atoms with Crippen molar-refractivity contribution in [2.24, 2.45) is 0 Å². The van der Waals surface area contributed by atoms with Crippen molar-refractivity contribution in [3.63, 3.8) is 0 Å². The average Bonchev–Trinajstić information content (AvgIpc) is 2.29. The zero-order valence-electron chi connectivity index (χ0n) is 9.66. The van der Waals surface area contributed by atoms with Crippen LogP contribution in [0.2, 0.25) is 5.02 Å². The molecule has 0 aliphatic rings. The SMILES string of the molecule is CCOC(=O)c1ccc(Cl)cc1C(=O)OCC. The zero-order valence-corrected chi connectivity index (χ0v) is 10.4. The van der Waals surface area contributed by atoms with Gasteiger partial charge in [-0.3, -0.25) is 0 Å². The van der Waals surface area contributed by atoms with E-state index in [-0.39, 0.29) is 24.3 Å². The lowest BCUT2D eigenvalue weighted by Crippen LogP contribution is -2.14. The van der Waals surface area contributed by atoms with Crippen LogP contribution in [0.3, 0.4) is 0 Å². The summed E-state index contributed by atoms with van der Waals surface area (Å²) in [4.78, 5) is 23.3. The van der Waals surface area contributed by atoms with Crippen LogP contribution < -0.4 is 0 Å². The first kappa shape index (κ1) is 13.5. The Morgan fingerprint density at radius 3 is 2.12 bits per heavy atom. The highest BCUT2D eigenvalue weighted by atomic mass is 35.5. The van der Waals surface area contributed by atoms with Gasteiger partial charge < -0.3 is 9.47 Å². The number of carbonyl (C=O) groups excluding carboxylic acids is 2. The van der Waals surface area contributed by atoms with Gasteiger partial charge in [0.2, 0.25) is 0 Å². The van der Waals surface area contributed by atoms with Crippen molar-refractivity contribution in [3.05, 3.63) is 34.3 Å². The lowest BCUT2D eigenvalue weighted by Gasteiger charge is -2.08. The smallest absolute Gasteiger partial charge is 0.339 e. The summed E-state index contributed by atoms with van der Waals surface area (Å²) in [7, 11) is 0. The molecule has 0 N–H and O–H groups in total. The molecule has 0 bridgehead atoms. The van der Waals surface area contributed by atoms with Crippen molar-refractivity contribution < 1.29 is 19.1 Å². The van der Waals surface area contributed by atoms with Gasteiger partial charge in [-0.05, 0) is 32.0 Å². The summed E-state index contributed by atoms with van der Waals surface area (Å²) in [6.45, 7) is 3.85. The minimum Gasteiger partial charge on any atom is -0.462 e. The van der Waals surface area contributed by atoms with Crippen LogP contribution in [-0.4, -0.2) is 25.2 Å². The van der Waals surface area contributed by atoms with E-state index in [0.717, 1.165) is 0 Å². The summed E-state index contributed by atoms with van der Waals surface area (Å²) in [5.41, 5.74) is 0.285. The number of esters is 2. The standard InChI is InChI=1S/C12H13ClO4/c1-3-16-11(14)9-6-5-8(13)7-10(9)12(15)17-4-2/h5-7H,3-4H2,1-2H3. The van der Waals surface area contributed by atoms with Gasteiger partial charge >= 0.3 is 11.9 Å². The van der Waals surface area contributed by atoms with Gasteiger partial charge in [0.05, 0.1) is 24.3 Å². The molecule has 0 aliphatic heterocycles. The minimum absolute atomic E-state index is 0.123. The molecule has 0 radical (unpaired) electrons. The molecule has 0 amide bonds. The molecule has 0 aromatic heterocycles. The van der Waals surface area contributed by atoms with Gasteiger partial charge in [-0.15, -0.1) is 0 Å². The highest BCUT2D eigenvalue weighted by Crippen LogP contribution is 2.18. The van der Waals surface area contributed by atoms with E-state index >= 15 is 0 Å². The molecule has 1 aromatic rings. The summed E-state index contributed by atoms with van der Waals surface area (Å²) in [6, 6.07) is 4.37. The molecular weight excluding hydrogens is 244 g/mol. The Bertz CT molecular complexity index is 429. The molecule has 0 atom stereocenters. The molecule has 0 spiro atoms. The van der Waals surface area contributed by atoms with Crippen LogP contribution in [0, 0.1) is 0 Å². The molecule has 5 heteroatoms. The van der Waals surface area contributed by atoms with E-state index in [1.807, 2.05) is 0 Å². The highest BCUT2D eigenvalue weighted by molar-refractivity contribution is 6.31. The monoisotopic (exact) mass is 256 g/mol. The number of benzene rings is 1. The Balaban J connectivity index is 3.11. The molecule has 92 valence electrons. The molecule has 0 heterocycles. The highest BCUT2D eigenvalue weighted by Gasteiger charge is 2.19. The zero-order chi connectivity index (χ0) is 12.8. The Kier molecular flexibility index (Phi) is 4.97. The van der Waals surface area contributed by atoms with Crippen molar-refractivity contribution in [1.29, 1.82) is 0 Å². The fraction of sp³-hybridized carbons (Fsp3) is 0.333. The number of hydrogen-bond acceptors (Lipinski definition) is 4. The summed E-state index contributed by atoms with van der Waals surface area (Å²) in [6.07, 6.45) is 0. The molecular formula is C12H13ClO4. The van der Waals surface area contributed by atoms with Crippen molar-refractivity contribution in [3.8, 4) is 0 Å². The summed E-state index contributed by atoms with van der Waals surface area (Å²) < 4.78 is 9.69. The molecule has 17 heavy (non-hydrogen) atoms. The maximum absolute atomic E-state index is 11.6.